The Balaban J connectivity index is 1.61. The van der Waals surface area contributed by atoms with Gasteiger partial charge in [0.05, 0.1) is 5.57 Å². The largest absolute Gasteiger partial charge is 0.489 e. The first kappa shape index (κ1) is 21.0. The van der Waals surface area contributed by atoms with Crippen LogP contribution in [0.2, 0.25) is 0 Å². The van der Waals surface area contributed by atoms with Crippen LogP contribution in [0.5, 0.6) is 5.75 Å². The summed E-state index contributed by atoms with van der Waals surface area (Å²) in [6.07, 6.45) is 1.03. The van der Waals surface area contributed by atoms with Gasteiger partial charge in [0.1, 0.15) is 18.4 Å². The van der Waals surface area contributed by atoms with Gasteiger partial charge in [-0.15, -0.1) is 5.10 Å². The monoisotopic (exact) mass is 435 g/mol. The van der Waals surface area contributed by atoms with Gasteiger partial charge < -0.3 is 15.8 Å². The van der Waals surface area contributed by atoms with Crippen molar-refractivity contribution < 1.29 is 9.53 Å². The molecule has 1 amide bonds. The molecule has 0 bridgehead atoms. The molecular formula is C23H25N5O2S. The van der Waals surface area contributed by atoms with Crippen molar-refractivity contribution in [2.75, 3.05) is 11.1 Å². The van der Waals surface area contributed by atoms with Crippen LogP contribution in [0, 0.1) is 0 Å². The van der Waals surface area contributed by atoms with Crippen LogP contribution in [0.15, 0.2) is 71.0 Å². The highest BCUT2D eigenvalue weighted by Crippen LogP contribution is 2.36. The number of rotatable bonds is 8. The van der Waals surface area contributed by atoms with E-state index in [4.69, 9.17) is 10.5 Å². The van der Waals surface area contributed by atoms with Crippen molar-refractivity contribution in [1.29, 1.82) is 0 Å². The summed E-state index contributed by atoms with van der Waals surface area (Å²) in [5, 5.41) is 8.49. The fourth-order valence-corrected chi connectivity index (χ4v) is 4.18. The van der Waals surface area contributed by atoms with Crippen molar-refractivity contribution in [1.82, 2.24) is 14.8 Å². The number of benzene rings is 2. The van der Waals surface area contributed by atoms with Crippen molar-refractivity contribution in [2.45, 2.75) is 38.1 Å². The number of ether oxygens (including phenoxy) is 1. The Labute approximate surface area is 185 Å². The van der Waals surface area contributed by atoms with Gasteiger partial charge in [-0.1, -0.05) is 61.2 Å². The normalized spacial score (nSPS) is 15.4. The van der Waals surface area contributed by atoms with Gasteiger partial charge in [-0.05, 0) is 36.6 Å². The molecule has 0 fully saturated rings. The van der Waals surface area contributed by atoms with Crippen LogP contribution in [-0.4, -0.2) is 26.4 Å². The molecule has 1 aliphatic rings. The Hall–Kier alpha value is -3.26. The summed E-state index contributed by atoms with van der Waals surface area (Å²) in [6, 6.07) is 17.2. The fraction of sp³-hybridized carbons (Fsp3) is 0.261. The van der Waals surface area contributed by atoms with E-state index < -0.39 is 11.9 Å². The first-order valence-electron chi connectivity index (χ1n) is 10.2. The van der Waals surface area contributed by atoms with E-state index in [1.165, 1.54) is 0 Å². The molecule has 1 unspecified atom stereocenters. The molecule has 3 aromatic rings. The highest BCUT2D eigenvalue weighted by atomic mass is 32.2. The zero-order valence-electron chi connectivity index (χ0n) is 17.5. The lowest BCUT2D eigenvalue weighted by molar-refractivity contribution is -0.115. The summed E-state index contributed by atoms with van der Waals surface area (Å²) in [4.78, 5) is 16.9. The smallest absolute Gasteiger partial charge is 0.248 e. The third kappa shape index (κ3) is 4.59. The van der Waals surface area contributed by atoms with Gasteiger partial charge in [0, 0.05) is 11.4 Å². The molecule has 0 spiro atoms. The number of nitrogens with one attached hydrogen (secondary N) is 1. The standard InChI is InChI=1S/C23H25N5O2S/c1-3-13-31-23-26-22-25-15(2)19(21(24)29)20(28(22)27-23)17-9-11-18(12-10-17)30-14-16-7-5-4-6-8-16/h4-12,20H,3,13-14H2,1-2H3,(H2,24,29)(H,25,26,27). The molecule has 31 heavy (non-hydrogen) atoms. The zero-order chi connectivity index (χ0) is 21.8. The predicted octanol–water partition coefficient (Wildman–Crippen LogP) is 4.13. The van der Waals surface area contributed by atoms with Crippen LogP contribution in [0.25, 0.3) is 0 Å². The number of primary amides is 1. The summed E-state index contributed by atoms with van der Waals surface area (Å²) >= 11 is 1.59. The lowest BCUT2D eigenvalue weighted by Gasteiger charge is -2.27. The number of aromatic nitrogens is 3. The number of anilines is 1. The van der Waals surface area contributed by atoms with Crippen LogP contribution in [0.4, 0.5) is 5.95 Å². The number of hydrogen-bond acceptors (Lipinski definition) is 6. The van der Waals surface area contributed by atoms with Crippen LogP contribution in [0.3, 0.4) is 0 Å². The number of carbonyl (C=O) groups excluding carboxylic acids is 1. The highest BCUT2D eigenvalue weighted by Gasteiger charge is 2.33. The Morgan fingerprint density at radius 1 is 1.19 bits per heavy atom. The van der Waals surface area contributed by atoms with E-state index in [2.05, 4.69) is 22.3 Å². The molecule has 0 saturated heterocycles. The maximum atomic E-state index is 12.3. The molecule has 0 radical (unpaired) electrons. The average Bonchev–Trinajstić information content (AvgIpc) is 3.18. The topological polar surface area (TPSA) is 95.1 Å². The Bertz CT molecular complexity index is 1090. The number of nitrogens with zero attached hydrogens (tertiary/aromatic N) is 3. The predicted molar refractivity (Wildman–Crippen MR) is 122 cm³/mol. The molecule has 7 nitrogen and oxygen atoms in total. The zero-order valence-corrected chi connectivity index (χ0v) is 18.4. The van der Waals surface area contributed by atoms with Crippen molar-refractivity contribution >= 4 is 23.6 Å². The minimum Gasteiger partial charge on any atom is -0.489 e. The minimum absolute atomic E-state index is 0.444. The number of amides is 1. The van der Waals surface area contributed by atoms with Gasteiger partial charge in [0.25, 0.3) is 0 Å². The first-order chi connectivity index (χ1) is 15.1. The van der Waals surface area contributed by atoms with Crippen molar-refractivity contribution in [3.05, 3.63) is 77.0 Å². The van der Waals surface area contributed by atoms with Crippen molar-refractivity contribution in [2.24, 2.45) is 5.73 Å². The lowest BCUT2D eigenvalue weighted by atomic mass is 9.95. The van der Waals surface area contributed by atoms with Gasteiger partial charge in [-0.3, -0.25) is 4.79 Å². The molecule has 2 heterocycles. The number of fused-ring (bicyclic) bond motifs is 1. The molecule has 3 N–H and O–H groups in total. The molecule has 0 saturated carbocycles. The molecule has 1 aliphatic heterocycles. The maximum Gasteiger partial charge on any atom is 0.248 e. The Morgan fingerprint density at radius 3 is 2.61 bits per heavy atom. The van der Waals surface area contributed by atoms with E-state index in [1.54, 1.807) is 16.4 Å². The van der Waals surface area contributed by atoms with Gasteiger partial charge in [0.15, 0.2) is 0 Å². The summed E-state index contributed by atoms with van der Waals surface area (Å²) in [6.45, 7) is 4.44. The van der Waals surface area contributed by atoms with E-state index in [1.807, 2.05) is 61.5 Å². The summed E-state index contributed by atoms with van der Waals surface area (Å²) in [5.41, 5.74) is 8.90. The third-order valence-corrected chi connectivity index (χ3v) is 6.02. The summed E-state index contributed by atoms with van der Waals surface area (Å²) < 4.78 is 7.63. The molecular weight excluding hydrogens is 410 g/mol. The number of carbonyl (C=O) groups is 1. The van der Waals surface area contributed by atoms with Gasteiger partial charge >= 0.3 is 0 Å². The van der Waals surface area contributed by atoms with Gasteiger partial charge in [-0.25, -0.2) is 4.68 Å². The molecule has 8 heteroatoms. The Kier molecular flexibility index (Phi) is 6.27. The number of allylic oxidation sites excluding steroid dienone is 1. The highest BCUT2D eigenvalue weighted by molar-refractivity contribution is 7.99. The molecule has 160 valence electrons. The number of nitrogens with two attached hydrogens (primary N) is 1. The SMILES string of the molecule is CCCSc1nc2n(n1)C(c1ccc(OCc3ccccc3)cc1)C(C(N)=O)=C(C)N2. The molecule has 4 rings (SSSR count). The fourth-order valence-electron chi connectivity index (χ4n) is 3.50. The van der Waals surface area contributed by atoms with E-state index in [-0.39, 0.29) is 0 Å². The van der Waals surface area contributed by atoms with Crippen LogP contribution < -0.4 is 15.8 Å². The quantitative estimate of drug-likeness (QED) is 0.517. The van der Waals surface area contributed by atoms with E-state index in [9.17, 15) is 4.79 Å². The van der Waals surface area contributed by atoms with Crippen LogP contribution >= 0.6 is 11.8 Å². The third-order valence-electron chi connectivity index (χ3n) is 4.98. The second-order valence-electron chi connectivity index (χ2n) is 7.28. The van der Waals surface area contributed by atoms with Gasteiger partial charge in [-0.2, -0.15) is 4.98 Å². The molecule has 0 aliphatic carbocycles. The minimum atomic E-state index is -0.483. The van der Waals surface area contributed by atoms with Crippen molar-refractivity contribution in [3.8, 4) is 5.75 Å². The van der Waals surface area contributed by atoms with Crippen molar-refractivity contribution in [3.63, 3.8) is 0 Å². The maximum absolute atomic E-state index is 12.3. The number of thioether (sulfide) groups is 1. The average molecular weight is 436 g/mol. The van der Waals surface area contributed by atoms with Crippen LogP contribution in [-0.2, 0) is 11.4 Å². The summed E-state index contributed by atoms with van der Waals surface area (Å²) in [5.74, 6) is 1.80. The van der Waals surface area contributed by atoms with E-state index >= 15 is 0 Å². The van der Waals surface area contributed by atoms with Gasteiger partial charge in [0.2, 0.25) is 17.0 Å². The molecule has 1 atom stereocenters. The first-order valence-corrected chi connectivity index (χ1v) is 11.2. The lowest BCUT2D eigenvalue weighted by Crippen LogP contribution is -2.31. The van der Waals surface area contributed by atoms with E-state index in [0.29, 0.717) is 29.0 Å². The second-order valence-corrected chi connectivity index (χ2v) is 8.35. The number of hydrogen-bond donors (Lipinski definition) is 2. The van der Waals surface area contributed by atoms with Crippen LogP contribution in [0.1, 0.15) is 37.4 Å². The second kappa shape index (κ2) is 9.26. The molecule has 2 aromatic carbocycles. The summed E-state index contributed by atoms with van der Waals surface area (Å²) in [7, 11) is 0. The molecule has 1 aromatic heterocycles. The van der Waals surface area contributed by atoms with E-state index in [0.717, 1.165) is 29.1 Å². The Morgan fingerprint density at radius 2 is 1.94 bits per heavy atom.